The van der Waals surface area contributed by atoms with Crippen LogP contribution in [0.4, 0.5) is 0 Å². The number of ether oxygens (including phenoxy) is 1. The molecule has 1 rings (SSSR count). The van der Waals surface area contributed by atoms with Crippen LogP contribution >= 0.6 is 12.8 Å². The Balaban J connectivity index is 2.57. The first-order valence-corrected chi connectivity index (χ1v) is 3.54. The predicted molar refractivity (Wildman–Crippen MR) is 40.7 cm³/mol. The Bertz CT molecular complexity index is 158. The van der Waals surface area contributed by atoms with E-state index in [0.29, 0.717) is 6.54 Å². The quantitative estimate of drug-likeness (QED) is 0.523. The third-order valence-corrected chi connectivity index (χ3v) is 1.77. The molecular weight excluding hydrogens is 150 g/mol. The third-order valence-electron chi connectivity index (χ3n) is 1.40. The summed E-state index contributed by atoms with van der Waals surface area (Å²) in [6.45, 7) is 4.57. The second-order valence-electron chi connectivity index (χ2n) is 3.00. The molecule has 1 aliphatic rings. The van der Waals surface area contributed by atoms with Gasteiger partial charge in [0.15, 0.2) is 0 Å². The zero-order valence-electron chi connectivity index (χ0n) is 6.13. The highest BCUT2D eigenvalue weighted by molar-refractivity contribution is 7.78. The van der Waals surface area contributed by atoms with Gasteiger partial charge in [-0.1, -0.05) is 12.8 Å². The summed E-state index contributed by atoms with van der Waals surface area (Å²) in [5, 5.41) is 0. The fourth-order valence-corrected chi connectivity index (χ4v) is 1.22. The summed E-state index contributed by atoms with van der Waals surface area (Å²) in [5.41, 5.74) is -0.240. The Labute approximate surface area is 65.9 Å². The monoisotopic (exact) mass is 161 g/mol. The summed E-state index contributed by atoms with van der Waals surface area (Å²) in [6, 6.07) is 0. The van der Waals surface area contributed by atoms with E-state index in [0.717, 1.165) is 0 Å². The van der Waals surface area contributed by atoms with Gasteiger partial charge in [0.05, 0.1) is 12.1 Å². The number of carbonyl (C=O) groups excluding carboxylic acids is 1. The van der Waals surface area contributed by atoms with Crippen LogP contribution in [0.1, 0.15) is 13.8 Å². The van der Waals surface area contributed by atoms with Gasteiger partial charge in [0, 0.05) is 0 Å². The second kappa shape index (κ2) is 2.43. The van der Waals surface area contributed by atoms with E-state index in [2.05, 4.69) is 12.8 Å². The molecule has 10 heavy (non-hydrogen) atoms. The summed E-state index contributed by atoms with van der Waals surface area (Å²) in [7, 11) is 0. The molecule has 1 saturated heterocycles. The number of nitrogens with zero attached hydrogens (tertiary/aromatic N) is 1. The number of thiol groups is 1. The first-order valence-electron chi connectivity index (χ1n) is 3.14. The Morgan fingerprint density at radius 1 is 1.70 bits per heavy atom. The minimum Gasteiger partial charge on any atom is -0.364 e. The van der Waals surface area contributed by atoms with Crippen molar-refractivity contribution in [2.24, 2.45) is 0 Å². The van der Waals surface area contributed by atoms with Crippen LogP contribution in [0.3, 0.4) is 0 Å². The molecule has 0 aromatic heterocycles. The zero-order valence-corrected chi connectivity index (χ0v) is 7.02. The molecule has 0 aromatic carbocycles. The Morgan fingerprint density at radius 3 is 2.70 bits per heavy atom. The summed E-state index contributed by atoms with van der Waals surface area (Å²) in [6.07, 6.45) is 0. The van der Waals surface area contributed by atoms with E-state index < -0.39 is 0 Å². The van der Waals surface area contributed by atoms with Crippen LogP contribution in [0.2, 0.25) is 0 Å². The van der Waals surface area contributed by atoms with Crippen molar-refractivity contribution in [2.75, 3.05) is 13.2 Å². The first kappa shape index (κ1) is 7.88. The molecule has 0 spiro atoms. The van der Waals surface area contributed by atoms with Crippen LogP contribution in [0.5, 0.6) is 0 Å². The van der Waals surface area contributed by atoms with E-state index >= 15 is 0 Å². The first-order chi connectivity index (χ1) is 4.51. The van der Waals surface area contributed by atoms with Gasteiger partial charge in [-0.2, -0.15) is 0 Å². The molecular formula is C6H11NO2S. The second-order valence-corrected chi connectivity index (χ2v) is 3.48. The van der Waals surface area contributed by atoms with Crippen molar-refractivity contribution in [3.8, 4) is 0 Å². The fraction of sp³-hybridized carbons (Fsp3) is 0.833. The summed E-state index contributed by atoms with van der Waals surface area (Å²) >= 11 is 3.97. The van der Waals surface area contributed by atoms with Crippen molar-refractivity contribution in [1.29, 1.82) is 0 Å². The van der Waals surface area contributed by atoms with Crippen molar-refractivity contribution in [3.05, 3.63) is 0 Å². The third kappa shape index (κ3) is 1.64. The molecule has 0 saturated carbocycles. The maximum atomic E-state index is 10.8. The van der Waals surface area contributed by atoms with Gasteiger partial charge in [-0.25, -0.2) is 0 Å². The molecule has 1 amide bonds. The number of carbonyl (C=O) groups is 1. The van der Waals surface area contributed by atoms with Gasteiger partial charge in [-0.05, 0) is 13.8 Å². The van der Waals surface area contributed by atoms with Crippen LogP contribution in [0.15, 0.2) is 0 Å². The highest BCUT2D eigenvalue weighted by Crippen LogP contribution is 2.17. The molecule has 4 heteroatoms. The fourth-order valence-electron chi connectivity index (χ4n) is 0.826. The van der Waals surface area contributed by atoms with Gasteiger partial charge < -0.3 is 4.74 Å². The number of hydrogen-bond acceptors (Lipinski definition) is 3. The van der Waals surface area contributed by atoms with Gasteiger partial charge in [0.25, 0.3) is 5.91 Å². The molecule has 1 fully saturated rings. The van der Waals surface area contributed by atoms with Gasteiger partial charge >= 0.3 is 0 Å². The number of morpholine rings is 1. The Kier molecular flexibility index (Phi) is 1.92. The SMILES string of the molecule is CC1(C)CN(S)C(=O)CO1. The standard InChI is InChI=1S/C6H11NO2S/c1-6(2)4-7(10)5(8)3-9-6/h10H,3-4H2,1-2H3. The number of rotatable bonds is 0. The van der Waals surface area contributed by atoms with Crippen molar-refractivity contribution in [1.82, 2.24) is 4.31 Å². The minimum absolute atomic E-state index is 0.0670. The van der Waals surface area contributed by atoms with Gasteiger partial charge in [0.2, 0.25) is 0 Å². The molecule has 0 bridgehead atoms. The van der Waals surface area contributed by atoms with Gasteiger partial charge in [0.1, 0.15) is 6.61 Å². The average Bonchev–Trinajstić information content (AvgIpc) is 1.79. The van der Waals surface area contributed by atoms with Crippen molar-refractivity contribution in [3.63, 3.8) is 0 Å². The van der Waals surface area contributed by atoms with Crippen LogP contribution in [-0.2, 0) is 9.53 Å². The van der Waals surface area contributed by atoms with Crippen molar-refractivity contribution in [2.45, 2.75) is 19.4 Å². The van der Waals surface area contributed by atoms with E-state index in [1.54, 1.807) is 0 Å². The van der Waals surface area contributed by atoms with Crippen LogP contribution in [0, 0.1) is 0 Å². The lowest BCUT2D eigenvalue weighted by Gasteiger charge is -2.34. The predicted octanol–water partition coefficient (Wildman–Crippen LogP) is 0.469. The maximum Gasteiger partial charge on any atom is 0.258 e. The molecule has 0 unspecified atom stereocenters. The number of amides is 1. The largest absolute Gasteiger partial charge is 0.364 e. The topological polar surface area (TPSA) is 29.5 Å². The molecule has 0 aromatic rings. The van der Waals surface area contributed by atoms with Crippen LogP contribution < -0.4 is 0 Å². The normalized spacial score (nSPS) is 25.1. The zero-order chi connectivity index (χ0) is 7.78. The van der Waals surface area contributed by atoms with Crippen molar-refractivity contribution < 1.29 is 9.53 Å². The lowest BCUT2D eigenvalue weighted by atomic mass is 10.1. The molecule has 0 aliphatic carbocycles. The van der Waals surface area contributed by atoms with Crippen molar-refractivity contribution >= 4 is 18.7 Å². The van der Waals surface area contributed by atoms with E-state index in [1.807, 2.05) is 13.8 Å². The van der Waals surface area contributed by atoms with E-state index in [1.165, 1.54) is 4.31 Å². The molecule has 0 N–H and O–H groups in total. The van der Waals surface area contributed by atoms with Crippen LogP contribution in [0.25, 0.3) is 0 Å². The van der Waals surface area contributed by atoms with E-state index in [4.69, 9.17) is 4.74 Å². The Morgan fingerprint density at radius 2 is 2.30 bits per heavy atom. The summed E-state index contributed by atoms with van der Waals surface area (Å²) < 4.78 is 6.60. The average molecular weight is 161 g/mol. The van der Waals surface area contributed by atoms with Gasteiger partial charge in [-0.3, -0.25) is 9.10 Å². The minimum atomic E-state index is -0.240. The molecule has 0 atom stereocenters. The highest BCUT2D eigenvalue weighted by atomic mass is 32.1. The smallest absolute Gasteiger partial charge is 0.258 e. The molecule has 1 aliphatic heterocycles. The maximum absolute atomic E-state index is 10.8. The number of hydrogen-bond donors (Lipinski definition) is 1. The van der Waals surface area contributed by atoms with Crippen LogP contribution in [-0.4, -0.2) is 29.0 Å². The lowest BCUT2D eigenvalue weighted by Crippen LogP contribution is -2.47. The van der Waals surface area contributed by atoms with E-state index in [-0.39, 0.29) is 18.1 Å². The molecule has 0 radical (unpaired) electrons. The molecule has 58 valence electrons. The van der Waals surface area contributed by atoms with E-state index in [9.17, 15) is 4.79 Å². The molecule has 3 nitrogen and oxygen atoms in total. The summed E-state index contributed by atoms with van der Waals surface area (Å²) in [5.74, 6) is -0.0670. The van der Waals surface area contributed by atoms with Gasteiger partial charge in [-0.15, -0.1) is 0 Å². The Hall–Kier alpha value is -0.220. The lowest BCUT2D eigenvalue weighted by molar-refractivity contribution is -0.149. The molecule has 1 heterocycles. The highest BCUT2D eigenvalue weighted by Gasteiger charge is 2.30. The summed E-state index contributed by atoms with van der Waals surface area (Å²) in [4.78, 5) is 10.8.